The van der Waals surface area contributed by atoms with E-state index in [9.17, 15) is 4.79 Å². The summed E-state index contributed by atoms with van der Waals surface area (Å²) in [6.07, 6.45) is 1.87. The Bertz CT molecular complexity index is 1420. The summed E-state index contributed by atoms with van der Waals surface area (Å²) in [6.45, 7) is 3.17. The Hall–Kier alpha value is -4.45. The number of amides is 1. The highest BCUT2D eigenvalue weighted by molar-refractivity contribution is 5.93. The van der Waals surface area contributed by atoms with Crippen LogP contribution in [0.2, 0.25) is 0 Å². The molecule has 2 heterocycles. The molecule has 0 saturated heterocycles. The van der Waals surface area contributed by atoms with Gasteiger partial charge in [-0.05, 0) is 28.7 Å². The molecular formula is C29H27N5O. The van der Waals surface area contributed by atoms with Crippen LogP contribution in [0.15, 0.2) is 103 Å². The van der Waals surface area contributed by atoms with Crippen LogP contribution in [-0.2, 0) is 6.54 Å². The number of carbonyl (C=O) groups is 1. The van der Waals surface area contributed by atoms with E-state index in [1.807, 2.05) is 66.9 Å². The van der Waals surface area contributed by atoms with Crippen molar-refractivity contribution in [2.75, 3.05) is 11.9 Å². The van der Waals surface area contributed by atoms with E-state index in [0.29, 0.717) is 18.9 Å². The zero-order valence-corrected chi connectivity index (χ0v) is 19.6. The summed E-state index contributed by atoms with van der Waals surface area (Å²) < 4.78 is 1.73. The van der Waals surface area contributed by atoms with E-state index >= 15 is 0 Å². The number of carbonyl (C=O) groups excluding carboxylic acids is 1. The van der Waals surface area contributed by atoms with Gasteiger partial charge in [0.15, 0.2) is 5.82 Å². The van der Waals surface area contributed by atoms with Crippen molar-refractivity contribution >= 4 is 17.2 Å². The molecule has 5 rings (SSSR count). The van der Waals surface area contributed by atoms with Crippen LogP contribution in [0, 0.1) is 0 Å². The second kappa shape index (κ2) is 10.2. The molecule has 0 spiro atoms. The van der Waals surface area contributed by atoms with Crippen LogP contribution in [0.25, 0.3) is 16.6 Å². The highest BCUT2D eigenvalue weighted by atomic mass is 16.2. The molecule has 5 aromatic rings. The molecule has 2 N–H and O–H groups in total. The van der Waals surface area contributed by atoms with Gasteiger partial charge in [-0.1, -0.05) is 97.9 Å². The second-order valence-corrected chi connectivity index (χ2v) is 8.53. The first kappa shape index (κ1) is 22.3. The normalized spacial score (nSPS) is 11.8. The van der Waals surface area contributed by atoms with Crippen LogP contribution in [0.4, 0.5) is 5.82 Å². The Morgan fingerprint density at radius 3 is 2.26 bits per heavy atom. The van der Waals surface area contributed by atoms with Crippen molar-refractivity contribution in [1.82, 2.24) is 19.9 Å². The third-order valence-electron chi connectivity index (χ3n) is 6.04. The minimum Gasteiger partial charge on any atom is -0.364 e. The first-order valence-corrected chi connectivity index (χ1v) is 11.7. The second-order valence-electron chi connectivity index (χ2n) is 8.53. The molecule has 35 heavy (non-hydrogen) atoms. The molecule has 1 atom stereocenters. The first-order chi connectivity index (χ1) is 17.2. The molecule has 2 aromatic heterocycles. The van der Waals surface area contributed by atoms with Gasteiger partial charge >= 0.3 is 0 Å². The lowest BCUT2D eigenvalue weighted by molar-refractivity contribution is 0.0940. The Kier molecular flexibility index (Phi) is 6.52. The molecule has 0 aliphatic rings. The zero-order valence-electron chi connectivity index (χ0n) is 19.6. The topological polar surface area (TPSA) is 71.3 Å². The quantitative estimate of drug-likeness (QED) is 0.318. The van der Waals surface area contributed by atoms with E-state index in [2.05, 4.69) is 64.0 Å². The van der Waals surface area contributed by atoms with Gasteiger partial charge in [0, 0.05) is 24.8 Å². The van der Waals surface area contributed by atoms with Gasteiger partial charge < -0.3 is 10.6 Å². The van der Waals surface area contributed by atoms with Gasteiger partial charge in [0.25, 0.3) is 5.91 Å². The van der Waals surface area contributed by atoms with Gasteiger partial charge in [-0.15, -0.1) is 5.10 Å². The molecule has 174 valence electrons. The minimum absolute atomic E-state index is 0.128. The van der Waals surface area contributed by atoms with Crippen LogP contribution in [0.1, 0.15) is 34.6 Å². The molecule has 3 aromatic carbocycles. The fourth-order valence-corrected chi connectivity index (χ4v) is 4.10. The van der Waals surface area contributed by atoms with E-state index in [0.717, 1.165) is 22.2 Å². The maximum Gasteiger partial charge on any atom is 0.291 e. The Balaban J connectivity index is 1.45. The standard InChI is InChI=1S/C29H27N5O/c1-21(23-13-7-3-8-14-23)19-31-29(35)28-32-27(30-20-22-11-5-2-6-12-22)26-25(17-18-34(26)33-28)24-15-9-4-10-16-24/h2-18,21H,19-20H2,1H3,(H,31,35)(H,30,32,33)/t21-/m0/s1. The maximum atomic E-state index is 13.1. The average molecular weight is 462 g/mol. The average Bonchev–Trinajstić information content (AvgIpc) is 3.36. The number of hydrogen-bond acceptors (Lipinski definition) is 4. The molecule has 0 fully saturated rings. The highest BCUT2D eigenvalue weighted by Crippen LogP contribution is 2.29. The predicted molar refractivity (Wildman–Crippen MR) is 139 cm³/mol. The number of aromatic nitrogens is 3. The van der Waals surface area contributed by atoms with Crippen LogP contribution < -0.4 is 10.6 Å². The van der Waals surface area contributed by atoms with Crippen LogP contribution >= 0.6 is 0 Å². The summed E-state index contributed by atoms with van der Waals surface area (Å²) in [5.74, 6) is 0.626. The van der Waals surface area contributed by atoms with E-state index in [-0.39, 0.29) is 17.6 Å². The van der Waals surface area contributed by atoms with Gasteiger partial charge in [-0.3, -0.25) is 4.79 Å². The number of nitrogens with one attached hydrogen (secondary N) is 2. The van der Waals surface area contributed by atoms with Crippen molar-refractivity contribution in [2.24, 2.45) is 0 Å². The lowest BCUT2D eigenvalue weighted by atomic mass is 10.0. The number of nitrogens with zero attached hydrogens (tertiary/aromatic N) is 3. The number of benzene rings is 3. The van der Waals surface area contributed by atoms with Crippen LogP contribution in [-0.4, -0.2) is 27.0 Å². The molecule has 1 amide bonds. The molecule has 0 radical (unpaired) electrons. The molecule has 6 nitrogen and oxygen atoms in total. The first-order valence-electron chi connectivity index (χ1n) is 11.7. The number of rotatable bonds is 8. The summed E-state index contributed by atoms with van der Waals surface area (Å²) in [6, 6.07) is 32.4. The molecule has 0 saturated carbocycles. The van der Waals surface area contributed by atoms with E-state index in [1.54, 1.807) is 4.52 Å². The van der Waals surface area contributed by atoms with Crippen molar-refractivity contribution in [2.45, 2.75) is 19.4 Å². The van der Waals surface area contributed by atoms with Crippen molar-refractivity contribution in [3.63, 3.8) is 0 Å². The van der Waals surface area contributed by atoms with Gasteiger partial charge in [-0.25, -0.2) is 9.50 Å². The SMILES string of the molecule is C[C@@H](CNC(=O)c1nc(NCc2ccccc2)c2c(-c3ccccc3)ccn2n1)c1ccccc1. The molecule has 0 unspecified atom stereocenters. The third kappa shape index (κ3) is 5.06. The Labute approximate surface area is 204 Å². The number of fused-ring (bicyclic) bond motifs is 1. The fraction of sp³-hybridized carbons (Fsp3) is 0.138. The predicted octanol–water partition coefficient (Wildman–Crippen LogP) is 5.54. The molecule has 0 aliphatic carbocycles. The molecule has 0 aliphatic heterocycles. The lowest BCUT2D eigenvalue weighted by Gasteiger charge is -2.14. The third-order valence-corrected chi connectivity index (χ3v) is 6.04. The number of hydrogen-bond donors (Lipinski definition) is 2. The highest BCUT2D eigenvalue weighted by Gasteiger charge is 2.18. The summed E-state index contributed by atoms with van der Waals surface area (Å²) in [5, 5.41) is 11.0. The Morgan fingerprint density at radius 1 is 0.886 bits per heavy atom. The van der Waals surface area contributed by atoms with E-state index in [4.69, 9.17) is 0 Å². The van der Waals surface area contributed by atoms with Crippen molar-refractivity contribution in [3.05, 3.63) is 120 Å². The van der Waals surface area contributed by atoms with Crippen LogP contribution in [0.3, 0.4) is 0 Å². The fourth-order valence-electron chi connectivity index (χ4n) is 4.10. The summed E-state index contributed by atoms with van der Waals surface area (Å²) >= 11 is 0. The van der Waals surface area contributed by atoms with Crippen molar-refractivity contribution in [3.8, 4) is 11.1 Å². The molecule has 0 bridgehead atoms. The van der Waals surface area contributed by atoms with Gasteiger partial charge in [0.05, 0.1) is 0 Å². The largest absolute Gasteiger partial charge is 0.364 e. The molecule has 6 heteroatoms. The smallest absolute Gasteiger partial charge is 0.291 e. The maximum absolute atomic E-state index is 13.1. The van der Waals surface area contributed by atoms with Gasteiger partial charge in [-0.2, -0.15) is 0 Å². The number of anilines is 1. The minimum atomic E-state index is -0.299. The monoisotopic (exact) mass is 461 g/mol. The zero-order chi connectivity index (χ0) is 24.0. The van der Waals surface area contributed by atoms with E-state index in [1.165, 1.54) is 5.56 Å². The van der Waals surface area contributed by atoms with Crippen molar-refractivity contribution < 1.29 is 4.79 Å². The van der Waals surface area contributed by atoms with Gasteiger partial charge in [0.1, 0.15) is 5.52 Å². The summed E-state index contributed by atoms with van der Waals surface area (Å²) in [5.41, 5.74) is 5.20. The van der Waals surface area contributed by atoms with E-state index < -0.39 is 0 Å². The molecular weight excluding hydrogens is 434 g/mol. The Morgan fingerprint density at radius 2 is 1.54 bits per heavy atom. The summed E-state index contributed by atoms with van der Waals surface area (Å²) in [4.78, 5) is 17.7. The van der Waals surface area contributed by atoms with Crippen LogP contribution in [0.5, 0.6) is 0 Å². The van der Waals surface area contributed by atoms with Crippen molar-refractivity contribution in [1.29, 1.82) is 0 Å². The lowest BCUT2D eigenvalue weighted by Crippen LogP contribution is -2.30. The van der Waals surface area contributed by atoms with Gasteiger partial charge in [0.2, 0.25) is 5.82 Å². The summed E-state index contributed by atoms with van der Waals surface area (Å²) in [7, 11) is 0.